The van der Waals surface area contributed by atoms with Gasteiger partial charge in [-0.3, -0.25) is 4.79 Å². The molecule has 7 nitrogen and oxygen atoms in total. The number of aliphatic carboxylic acids is 1. The minimum absolute atomic E-state index is 0.0334. The predicted molar refractivity (Wildman–Crippen MR) is 128 cm³/mol. The van der Waals surface area contributed by atoms with Gasteiger partial charge in [0.05, 0.1) is 5.92 Å². The van der Waals surface area contributed by atoms with E-state index in [4.69, 9.17) is 4.74 Å². The Balaban J connectivity index is 1.42. The van der Waals surface area contributed by atoms with Crippen LogP contribution in [0.5, 0.6) is 0 Å². The third-order valence-electron chi connectivity index (χ3n) is 7.18. The second kappa shape index (κ2) is 10.3. The molecule has 0 radical (unpaired) electrons. The SMILES string of the molecule is CCN(C(=O)C1CCCCC1NC(=O)OCC1c2ccccc2-c2ccccc21)C(C)C(=O)O. The molecule has 2 aliphatic rings. The molecule has 2 amide bonds. The first-order chi connectivity index (χ1) is 16.4. The van der Waals surface area contributed by atoms with Crippen LogP contribution in [-0.2, 0) is 14.3 Å². The monoisotopic (exact) mass is 464 g/mol. The Hall–Kier alpha value is -3.35. The number of amides is 2. The lowest BCUT2D eigenvalue weighted by molar-refractivity contribution is -0.152. The molecule has 0 heterocycles. The number of likely N-dealkylation sites (N-methyl/N-ethyl adjacent to an activating group) is 1. The summed E-state index contributed by atoms with van der Waals surface area (Å²) < 4.78 is 5.67. The lowest BCUT2D eigenvalue weighted by Gasteiger charge is -2.36. The van der Waals surface area contributed by atoms with Crippen molar-refractivity contribution in [1.29, 1.82) is 0 Å². The number of fused-ring (bicyclic) bond motifs is 3. The lowest BCUT2D eigenvalue weighted by Crippen LogP contribution is -2.53. The Bertz CT molecular complexity index is 1020. The lowest BCUT2D eigenvalue weighted by atomic mass is 9.83. The van der Waals surface area contributed by atoms with Crippen molar-refractivity contribution in [2.75, 3.05) is 13.2 Å². The second-order valence-corrected chi connectivity index (χ2v) is 9.11. The highest BCUT2D eigenvalue weighted by Crippen LogP contribution is 2.44. The maximum Gasteiger partial charge on any atom is 0.407 e. The summed E-state index contributed by atoms with van der Waals surface area (Å²) in [4.78, 5) is 38.8. The predicted octanol–water partition coefficient (Wildman–Crippen LogP) is 4.41. The molecular weight excluding hydrogens is 432 g/mol. The number of nitrogens with one attached hydrogen (secondary N) is 1. The number of hydrogen-bond donors (Lipinski definition) is 2. The van der Waals surface area contributed by atoms with Crippen LogP contribution in [0.25, 0.3) is 11.1 Å². The normalized spacial score (nSPS) is 20.1. The van der Waals surface area contributed by atoms with E-state index in [1.54, 1.807) is 6.92 Å². The van der Waals surface area contributed by atoms with Gasteiger partial charge in [-0.2, -0.15) is 0 Å². The third-order valence-corrected chi connectivity index (χ3v) is 7.18. The zero-order valence-electron chi connectivity index (χ0n) is 19.7. The van der Waals surface area contributed by atoms with Crippen LogP contribution in [0.15, 0.2) is 48.5 Å². The van der Waals surface area contributed by atoms with E-state index in [1.807, 2.05) is 24.3 Å². The van der Waals surface area contributed by atoms with Gasteiger partial charge in [-0.05, 0) is 48.9 Å². The highest BCUT2D eigenvalue weighted by molar-refractivity contribution is 5.86. The number of carbonyl (C=O) groups excluding carboxylic acids is 2. The Kier molecular flexibility index (Phi) is 7.20. The molecule has 2 aliphatic carbocycles. The Morgan fingerprint density at radius 3 is 2.21 bits per heavy atom. The average molecular weight is 465 g/mol. The molecule has 34 heavy (non-hydrogen) atoms. The molecule has 0 aromatic heterocycles. The molecule has 1 fully saturated rings. The molecule has 3 unspecified atom stereocenters. The summed E-state index contributed by atoms with van der Waals surface area (Å²) in [5.74, 6) is -1.74. The molecule has 2 N–H and O–H groups in total. The van der Waals surface area contributed by atoms with Gasteiger partial charge in [0, 0.05) is 18.5 Å². The van der Waals surface area contributed by atoms with E-state index >= 15 is 0 Å². The number of nitrogens with zero attached hydrogens (tertiary/aromatic N) is 1. The zero-order chi connectivity index (χ0) is 24.2. The number of carboxylic acid groups (broad SMARTS) is 1. The molecular formula is C27H32N2O5. The van der Waals surface area contributed by atoms with Gasteiger partial charge in [-0.15, -0.1) is 0 Å². The summed E-state index contributed by atoms with van der Waals surface area (Å²) in [7, 11) is 0. The molecule has 1 saturated carbocycles. The van der Waals surface area contributed by atoms with E-state index in [9.17, 15) is 19.5 Å². The highest BCUT2D eigenvalue weighted by atomic mass is 16.5. The number of alkyl carbamates (subject to hydrolysis) is 1. The summed E-state index contributed by atoms with van der Waals surface area (Å²) in [5, 5.41) is 12.3. The summed E-state index contributed by atoms with van der Waals surface area (Å²) in [6.45, 7) is 3.80. The van der Waals surface area contributed by atoms with Crippen LogP contribution >= 0.6 is 0 Å². The molecule has 2 aromatic rings. The van der Waals surface area contributed by atoms with Gasteiger partial charge in [-0.1, -0.05) is 61.4 Å². The number of carbonyl (C=O) groups is 3. The fourth-order valence-corrected chi connectivity index (χ4v) is 5.36. The highest BCUT2D eigenvalue weighted by Gasteiger charge is 2.37. The maximum absolute atomic E-state index is 13.2. The fraction of sp³-hybridized carbons (Fsp3) is 0.444. The summed E-state index contributed by atoms with van der Waals surface area (Å²) in [6.07, 6.45) is 2.52. The Morgan fingerprint density at radius 2 is 1.62 bits per heavy atom. The molecule has 180 valence electrons. The van der Waals surface area contributed by atoms with Gasteiger partial charge in [0.15, 0.2) is 0 Å². The summed E-state index contributed by atoms with van der Waals surface area (Å²) in [5.41, 5.74) is 4.61. The number of ether oxygens (including phenoxy) is 1. The molecule has 0 aliphatic heterocycles. The molecule has 3 atom stereocenters. The van der Waals surface area contributed by atoms with Crippen LogP contribution in [0.2, 0.25) is 0 Å². The molecule has 4 rings (SSSR count). The fourth-order valence-electron chi connectivity index (χ4n) is 5.36. The van der Waals surface area contributed by atoms with Crippen molar-refractivity contribution >= 4 is 18.0 Å². The van der Waals surface area contributed by atoms with Crippen LogP contribution in [0.1, 0.15) is 56.6 Å². The number of benzene rings is 2. The standard InChI is InChI=1S/C27H32N2O5/c1-3-29(17(2)26(31)32)25(30)22-14-8-9-15-24(22)28-27(33)34-16-23-20-12-6-4-10-18(20)19-11-5-7-13-21(19)23/h4-7,10-13,17,22-24H,3,8-9,14-16H2,1-2H3,(H,28,33)(H,31,32). The first kappa shape index (κ1) is 23.8. The molecule has 7 heteroatoms. The van der Waals surface area contributed by atoms with E-state index in [1.165, 1.54) is 11.8 Å². The van der Waals surface area contributed by atoms with Gasteiger partial charge in [0.2, 0.25) is 5.91 Å². The van der Waals surface area contributed by atoms with Crippen LogP contribution in [-0.4, -0.2) is 53.2 Å². The van der Waals surface area contributed by atoms with Gasteiger partial charge in [-0.25, -0.2) is 9.59 Å². The topological polar surface area (TPSA) is 95.9 Å². The van der Waals surface area contributed by atoms with Crippen molar-refractivity contribution in [2.45, 2.75) is 57.5 Å². The van der Waals surface area contributed by atoms with Gasteiger partial charge >= 0.3 is 12.1 Å². The number of hydrogen-bond acceptors (Lipinski definition) is 4. The molecule has 0 spiro atoms. The first-order valence-corrected chi connectivity index (χ1v) is 12.1. The average Bonchev–Trinajstić information content (AvgIpc) is 3.17. The largest absolute Gasteiger partial charge is 0.480 e. The van der Waals surface area contributed by atoms with Gasteiger partial charge < -0.3 is 20.1 Å². The first-order valence-electron chi connectivity index (χ1n) is 12.1. The number of rotatable bonds is 7. The van der Waals surface area contributed by atoms with Crippen molar-refractivity contribution in [3.05, 3.63) is 59.7 Å². The van der Waals surface area contributed by atoms with E-state index in [0.717, 1.165) is 35.1 Å². The van der Waals surface area contributed by atoms with Crippen molar-refractivity contribution in [3.8, 4) is 11.1 Å². The van der Waals surface area contributed by atoms with Crippen LogP contribution in [0.4, 0.5) is 4.79 Å². The van der Waals surface area contributed by atoms with Crippen molar-refractivity contribution in [1.82, 2.24) is 10.2 Å². The molecule has 2 aromatic carbocycles. The van der Waals surface area contributed by atoms with Crippen LogP contribution < -0.4 is 5.32 Å². The Morgan fingerprint density at radius 1 is 1.03 bits per heavy atom. The second-order valence-electron chi connectivity index (χ2n) is 9.11. The van der Waals surface area contributed by atoms with Crippen LogP contribution in [0, 0.1) is 5.92 Å². The van der Waals surface area contributed by atoms with Crippen molar-refractivity contribution in [3.63, 3.8) is 0 Å². The smallest absolute Gasteiger partial charge is 0.407 e. The van der Waals surface area contributed by atoms with E-state index in [2.05, 4.69) is 29.6 Å². The summed E-state index contributed by atoms with van der Waals surface area (Å²) >= 11 is 0. The van der Waals surface area contributed by atoms with Crippen molar-refractivity contribution in [2.24, 2.45) is 5.92 Å². The summed E-state index contributed by atoms with van der Waals surface area (Å²) in [6, 6.07) is 15.0. The van der Waals surface area contributed by atoms with Gasteiger partial charge in [0.25, 0.3) is 0 Å². The zero-order valence-corrected chi connectivity index (χ0v) is 19.7. The van der Waals surface area contributed by atoms with E-state index in [0.29, 0.717) is 19.4 Å². The Labute approximate surface area is 200 Å². The van der Waals surface area contributed by atoms with Crippen molar-refractivity contribution < 1.29 is 24.2 Å². The van der Waals surface area contributed by atoms with E-state index in [-0.39, 0.29) is 24.5 Å². The van der Waals surface area contributed by atoms with Crippen LogP contribution in [0.3, 0.4) is 0 Å². The maximum atomic E-state index is 13.2. The quantitative estimate of drug-likeness (QED) is 0.633. The third kappa shape index (κ3) is 4.65. The number of carboxylic acids is 1. The minimum atomic E-state index is -1.04. The van der Waals surface area contributed by atoms with E-state index < -0.39 is 24.0 Å². The van der Waals surface area contributed by atoms with Gasteiger partial charge in [0.1, 0.15) is 12.6 Å². The molecule has 0 saturated heterocycles. The molecule has 0 bridgehead atoms. The minimum Gasteiger partial charge on any atom is -0.480 e.